The van der Waals surface area contributed by atoms with E-state index in [1.165, 1.54) is 0 Å². The Labute approximate surface area is 149 Å². The Kier molecular flexibility index (Phi) is 5.71. The van der Waals surface area contributed by atoms with E-state index < -0.39 is 0 Å². The van der Waals surface area contributed by atoms with E-state index in [4.69, 9.17) is 0 Å². The number of nitrogens with one attached hydrogen (secondary N) is 3. The molecule has 0 saturated carbocycles. The molecule has 1 aromatic carbocycles. The van der Waals surface area contributed by atoms with Crippen LogP contribution in [-0.4, -0.2) is 35.3 Å². The van der Waals surface area contributed by atoms with Gasteiger partial charge >= 0.3 is 0 Å². The first-order valence-electron chi connectivity index (χ1n) is 9.02. The third-order valence-corrected chi connectivity index (χ3v) is 4.39. The molecular weight excluding hydrogens is 314 g/mol. The molecule has 0 radical (unpaired) electrons. The van der Waals surface area contributed by atoms with Gasteiger partial charge in [-0.3, -0.25) is 4.79 Å². The first-order valence-corrected chi connectivity index (χ1v) is 9.02. The van der Waals surface area contributed by atoms with Gasteiger partial charge in [-0.2, -0.15) is 5.10 Å². The van der Waals surface area contributed by atoms with Gasteiger partial charge in [0, 0.05) is 50.3 Å². The van der Waals surface area contributed by atoms with E-state index in [0.717, 1.165) is 55.2 Å². The van der Waals surface area contributed by atoms with Crippen LogP contribution in [0.3, 0.4) is 0 Å². The van der Waals surface area contributed by atoms with Crippen LogP contribution < -0.4 is 16.0 Å². The zero-order valence-corrected chi connectivity index (χ0v) is 15.0. The number of amides is 1. The Morgan fingerprint density at radius 2 is 2.28 bits per heavy atom. The van der Waals surface area contributed by atoms with Gasteiger partial charge in [0.1, 0.15) is 5.82 Å². The van der Waals surface area contributed by atoms with Crippen molar-refractivity contribution in [2.24, 2.45) is 5.92 Å². The fraction of sp³-hybridized carbons (Fsp3) is 0.474. The summed E-state index contributed by atoms with van der Waals surface area (Å²) in [5, 5.41) is 14.4. The van der Waals surface area contributed by atoms with Crippen molar-refractivity contribution in [2.75, 3.05) is 25.0 Å². The fourth-order valence-corrected chi connectivity index (χ4v) is 3.11. The van der Waals surface area contributed by atoms with Crippen LogP contribution in [0, 0.1) is 12.8 Å². The lowest BCUT2D eigenvalue weighted by Gasteiger charge is -2.25. The Bertz CT molecular complexity index is 724. The molecule has 2 heterocycles. The van der Waals surface area contributed by atoms with Gasteiger partial charge < -0.3 is 16.0 Å². The van der Waals surface area contributed by atoms with Gasteiger partial charge in [0.05, 0.1) is 5.69 Å². The number of aromatic nitrogens is 2. The monoisotopic (exact) mass is 341 g/mol. The van der Waals surface area contributed by atoms with E-state index in [2.05, 4.69) is 33.2 Å². The highest BCUT2D eigenvalue weighted by Crippen LogP contribution is 2.18. The predicted molar refractivity (Wildman–Crippen MR) is 99.7 cm³/mol. The second-order valence-electron chi connectivity index (χ2n) is 6.69. The lowest BCUT2D eigenvalue weighted by atomic mass is 10.1. The van der Waals surface area contributed by atoms with Crippen LogP contribution in [0.5, 0.6) is 0 Å². The number of rotatable bonds is 7. The average Bonchev–Trinajstić information content (AvgIpc) is 2.99. The van der Waals surface area contributed by atoms with Crippen LogP contribution in [0.4, 0.5) is 5.82 Å². The molecule has 0 aliphatic carbocycles. The van der Waals surface area contributed by atoms with Crippen molar-refractivity contribution in [3.63, 3.8) is 0 Å². The third-order valence-electron chi connectivity index (χ3n) is 4.39. The molecule has 0 fully saturated rings. The number of carbonyl (C=O) groups is 1. The second-order valence-corrected chi connectivity index (χ2v) is 6.69. The van der Waals surface area contributed by atoms with Gasteiger partial charge in [0.2, 0.25) is 0 Å². The maximum atomic E-state index is 12.0. The maximum Gasteiger partial charge on any atom is 0.251 e. The molecule has 3 rings (SSSR count). The normalized spacial score (nSPS) is 16.2. The van der Waals surface area contributed by atoms with Gasteiger partial charge in [-0.1, -0.05) is 19.1 Å². The van der Waals surface area contributed by atoms with Crippen LogP contribution in [0.25, 0.3) is 0 Å². The Balaban J connectivity index is 1.48. The van der Waals surface area contributed by atoms with Gasteiger partial charge in [-0.05, 0) is 31.0 Å². The number of hydrogen-bond donors (Lipinski definition) is 3. The molecule has 0 unspecified atom stereocenters. The van der Waals surface area contributed by atoms with Crippen molar-refractivity contribution < 1.29 is 4.79 Å². The Morgan fingerprint density at radius 3 is 3.12 bits per heavy atom. The number of benzene rings is 1. The number of nitrogens with zero attached hydrogens (tertiary/aromatic N) is 2. The summed E-state index contributed by atoms with van der Waals surface area (Å²) in [4.78, 5) is 12.0. The lowest BCUT2D eigenvalue weighted by Crippen LogP contribution is -2.35. The molecule has 1 amide bonds. The van der Waals surface area contributed by atoms with Crippen LogP contribution in [0.15, 0.2) is 30.3 Å². The van der Waals surface area contributed by atoms with Crippen molar-refractivity contribution in [3.05, 3.63) is 47.2 Å². The molecule has 3 N–H and O–H groups in total. The summed E-state index contributed by atoms with van der Waals surface area (Å²) in [5.74, 6) is 1.61. The maximum absolute atomic E-state index is 12.0. The SMILES string of the molecule is CCCNC(=O)c1cccc(CNC[C@H]2CNc3cc(C)nn3C2)c1. The number of carbonyl (C=O) groups excluding carboxylic acids is 1. The highest BCUT2D eigenvalue weighted by atomic mass is 16.1. The highest BCUT2D eigenvalue weighted by molar-refractivity contribution is 5.94. The number of hydrogen-bond acceptors (Lipinski definition) is 4. The molecule has 0 saturated heterocycles. The summed E-state index contributed by atoms with van der Waals surface area (Å²) in [6.45, 7) is 8.34. The third kappa shape index (κ3) is 4.60. The van der Waals surface area contributed by atoms with Gasteiger partial charge in [-0.25, -0.2) is 4.68 Å². The number of fused-ring (bicyclic) bond motifs is 1. The molecule has 0 spiro atoms. The first-order chi connectivity index (χ1) is 12.2. The minimum Gasteiger partial charge on any atom is -0.370 e. The van der Waals surface area contributed by atoms with Crippen molar-refractivity contribution in [3.8, 4) is 0 Å². The van der Waals surface area contributed by atoms with E-state index in [1.807, 2.05) is 36.7 Å². The van der Waals surface area contributed by atoms with Gasteiger partial charge in [0.25, 0.3) is 5.91 Å². The van der Waals surface area contributed by atoms with Gasteiger partial charge in [-0.15, -0.1) is 0 Å². The summed E-state index contributed by atoms with van der Waals surface area (Å²) in [5.41, 5.74) is 2.90. The zero-order chi connectivity index (χ0) is 17.6. The molecule has 2 aromatic rings. The summed E-state index contributed by atoms with van der Waals surface area (Å²) < 4.78 is 2.05. The first kappa shape index (κ1) is 17.5. The van der Waals surface area contributed by atoms with E-state index in [9.17, 15) is 4.79 Å². The lowest BCUT2D eigenvalue weighted by molar-refractivity contribution is 0.0953. The molecule has 134 valence electrons. The zero-order valence-electron chi connectivity index (χ0n) is 15.0. The fourth-order valence-electron chi connectivity index (χ4n) is 3.11. The summed E-state index contributed by atoms with van der Waals surface area (Å²) >= 11 is 0. The molecule has 1 atom stereocenters. The van der Waals surface area contributed by atoms with E-state index >= 15 is 0 Å². The summed E-state index contributed by atoms with van der Waals surface area (Å²) in [6, 6.07) is 9.91. The number of aryl methyl sites for hydroxylation is 1. The van der Waals surface area contributed by atoms with Crippen LogP contribution in [-0.2, 0) is 13.1 Å². The smallest absolute Gasteiger partial charge is 0.251 e. The molecular formula is C19H27N5O. The molecule has 1 aliphatic heterocycles. The van der Waals surface area contributed by atoms with E-state index in [-0.39, 0.29) is 5.91 Å². The Hall–Kier alpha value is -2.34. The largest absolute Gasteiger partial charge is 0.370 e. The van der Waals surface area contributed by atoms with Gasteiger partial charge in [0.15, 0.2) is 0 Å². The van der Waals surface area contributed by atoms with Crippen molar-refractivity contribution in [1.29, 1.82) is 0 Å². The predicted octanol–water partition coefficient (Wildman–Crippen LogP) is 2.16. The second kappa shape index (κ2) is 8.16. The van der Waals surface area contributed by atoms with Crippen LogP contribution in [0.1, 0.15) is 35.0 Å². The Morgan fingerprint density at radius 1 is 1.40 bits per heavy atom. The minimum atomic E-state index is 0.00163. The van der Waals surface area contributed by atoms with Crippen LogP contribution in [0.2, 0.25) is 0 Å². The molecule has 1 aromatic heterocycles. The summed E-state index contributed by atoms with van der Waals surface area (Å²) in [7, 11) is 0. The van der Waals surface area contributed by atoms with Crippen molar-refractivity contribution >= 4 is 11.7 Å². The average molecular weight is 341 g/mol. The van der Waals surface area contributed by atoms with Crippen molar-refractivity contribution in [2.45, 2.75) is 33.4 Å². The molecule has 0 bridgehead atoms. The van der Waals surface area contributed by atoms with E-state index in [0.29, 0.717) is 12.5 Å². The van der Waals surface area contributed by atoms with Crippen LogP contribution >= 0.6 is 0 Å². The summed E-state index contributed by atoms with van der Waals surface area (Å²) in [6.07, 6.45) is 0.944. The quantitative estimate of drug-likeness (QED) is 0.722. The standard InChI is InChI=1S/C19H27N5O/c1-3-7-21-19(25)17-6-4-5-15(9-17)10-20-11-16-12-22-18-8-14(2)23-24(18)13-16/h4-6,8-9,16,20,22H,3,7,10-13H2,1-2H3,(H,21,25)/t16-/m0/s1. The molecule has 6 heteroatoms. The molecule has 25 heavy (non-hydrogen) atoms. The minimum absolute atomic E-state index is 0.00163. The molecule has 1 aliphatic rings. The molecule has 6 nitrogen and oxygen atoms in total. The topological polar surface area (TPSA) is 71.0 Å². The number of anilines is 1. The van der Waals surface area contributed by atoms with Crippen molar-refractivity contribution in [1.82, 2.24) is 20.4 Å². The van der Waals surface area contributed by atoms with E-state index in [1.54, 1.807) is 0 Å². The highest BCUT2D eigenvalue weighted by Gasteiger charge is 2.18.